The normalized spacial score (nSPS) is 11.6. The number of benzene rings is 20. The number of rotatable bonds is 12. The maximum atomic E-state index is 5.08. The lowest BCUT2D eigenvalue weighted by molar-refractivity contribution is 0.953. The van der Waals surface area contributed by atoms with Crippen molar-refractivity contribution in [2.45, 2.75) is 0 Å². The van der Waals surface area contributed by atoms with Crippen molar-refractivity contribution in [3.63, 3.8) is 0 Å². The van der Waals surface area contributed by atoms with Crippen LogP contribution in [0.5, 0.6) is 0 Å². The lowest BCUT2D eigenvalue weighted by atomic mass is 9.98. The minimum absolute atomic E-state index is 0.590. The van der Waals surface area contributed by atoms with Crippen molar-refractivity contribution in [2.75, 3.05) is 0 Å². The summed E-state index contributed by atoms with van der Waals surface area (Å²) in [5.74, 6) is 1.87. The van der Waals surface area contributed by atoms with Gasteiger partial charge in [-0.15, -0.1) is 0 Å². The van der Waals surface area contributed by atoms with Gasteiger partial charge in [-0.3, -0.25) is 4.57 Å². The van der Waals surface area contributed by atoms with Crippen molar-refractivity contribution in [3.05, 3.63) is 491 Å². The second kappa shape index (κ2) is 32.3. The fourth-order valence-corrected chi connectivity index (χ4v) is 20.2. The molecule has 0 saturated heterocycles. The Hall–Kier alpha value is -17.8. The van der Waals surface area contributed by atoms with Gasteiger partial charge >= 0.3 is 0 Å². The summed E-state index contributed by atoms with van der Waals surface area (Å²) >= 11 is 0. The van der Waals surface area contributed by atoms with Crippen LogP contribution in [0.1, 0.15) is 0 Å². The van der Waals surface area contributed by atoms with E-state index in [1.807, 2.05) is 60.7 Å². The van der Waals surface area contributed by atoms with Crippen LogP contribution in [0.2, 0.25) is 0 Å². The summed E-state index contributed by atoms with van der Waals surface area (Å²) in [6.07, 6.45) is 0. The number of hydrogen-bond acceptors (Lipinski definition) is 3. The molecule has 0 N–H and O–H groups in total. The summed E-state index contributed by atoms with van der Waals surface area (Å²) in [7, 11) is 0. The molecule has 0 spiro atoms. The van der Waals surface area contributed by atoms with Crippen molar-refractivity contribution >= 4 is 131 Å². The van der Waals surface area contributed by atoms with Gasteiger partial charge in [-0.25, -0.2) is 4.98 Å². The first-order valence-electron chi connectivity index (χ1n) is 45.0. The molecule has 0 atom stereocenters. The van der Waals surface area contributed by atoms with Crippen LogP contribution in [0.4, 0.5) is 0 Å². The summed E-state index contributed by atoms with van der Waals surface area (Å²) in [5.41, 5.74) is 31.6. The molecule has 9 nitrogen and oxygen atoms in total. The number of para-hydroxylation sites is 11. The quantitative estimate of drug-likeness (QED) is 0.122. The Morgan fingerprint density at radius 1 is 0.114 bits per heavy atom. The molecule has 0 aliphatic carbocycles. The maximum Gasteiger partial charge on any atom is 0.238 e. The van der Waals surface area contributed by atoms with Crippen molar-refractivity contribution in [1.82, 2.24) is 42.4 Å². The maximum absolute atomic E-state index is 5.08. The number of aromatic nitrogens is 9. The zero-order valence-corrected chi connectivity index (χ0v) is 71.8. The largest absolute Gasteiger partial charge is 0.309 e. The molecule has 9 heteroatoms. The average Bonchev–Trinajstić information content (AvgIpc) is 1.59. The molecule has 0 bridgehead atoms. The van der Waals surface area contributed by atoms with E-state index in [4.69, 9.17) is 15.0 Å². The number of fused-ring (bicyclic) bond motifs is 18. The Balaban J connectivity index is 0.000000107. The molecule has 27 rings (SSSR count). The molecule has 132 heavy (non-hydrogen) atoms. The van der Waals surface area contributed by atoms with E-state index in [9.17, 15) is 0 Å². The van der Waals surface area contributed by atoms with E-state index in [-0.39, 0.29) is 0 Å². The fourth-order valence-electron chi connectivity index (χ4n) is 20.2. The van der Waals surface area contributed by atoms with Crippen LogP contribution >= 0.6 is 0 Å². The van der Waals surface area contributed by atoms with Crippen molar-refractivity contribution in [3.8, 4) is 102 Å². The predicted molar refractivity (Wildman–Crippen MR) is 551 cm³/mol. The molecule has 7 heterocycles. The first-order valence-corrected chi connectivity index (χ1v) is 45.0. The van der Waals surface area contributed by atoms with Crippen LogP contribution in [-0.4, -0.2) is 42.4 Å². The van der Waals surface area contributed by atoms with Gasteiger partial charge in [-0.05, 0) is 208 Å². The van der Waals surface area contributed by atoms with Gasteiger partial charge in [0.2, 0.25) is 5.95 Å². The van der Waals surface area contributed by atoms with Crippen LogP contribution < -0.4 is 0 Å². The standard InChI is InChI=1S/C45H29N5.C42H28N2.C36H24N2/c1-4-14-30(15-5-1)43-46-44(31-16-6-2-7-17-31)48-45(47-43)50-40-23-13-11-21-36(40)38-29-33(25-27-42(38)50)32-24-26-41-37(28-32)35-20-10-12-22-39(35)49(41)34-18-8-3-9-19-34;1-5-22-39-35(18-1)36-19-2-6-23-40(36)43(39)33-16-10-14-31(27-33)29-12-9-13-30(26-29)32-15-11-17-34(28-32)44-41-24-7-3-20-37(41)38-21-4-8-25-42(38)44;1-3-11-27(12-4-1)37-33-17-9-7-15-29(33)31-23-25(19-21-35(31)37)26-20-22-36-32(24-26)30-16-8-10-18-34(30)38(36)28-13-5-2-6-14-28/h1-29H;1-28H;1-24H. The lowest BCUT2D eigenvalue weighted by Crippen LogP contribution is -2.06. The molecule has 7 aromatic heterocycles. The van der Waals surface area contributed by atoms with Gasteiger partial charge in [-0.2, -0.15) is 9.97 Å². The molecule has 0 aliphatic heterocycles. The van der Waals surface area contributed by atoms with E-state index in [0.29, 0.717) is 17.6 Å². The van der Waals surface area contributed by atoms with Gasteiger partial charge in [0, 0.05) is 104 Å². The van der Waals surface area contributed by atoms with Crippen LogP contribution in [-0.2, 0) is 0 Å². The molecule has 0 fully saturated rings. The third kappa shape index (κ3) is 13.2. The molecule has 27 aromatic rings. The van der Waals surface area contributed by atoms with E-state index in [2.05, 4.69) is 458 Å². The van der Waals surface area contributed by atoms with Crippen LogP contribution in [0.25, 0.3) is 233 Å². The smallest absolute Gasteiger partial charge is 0.238 e. The first kappa shape index (κ1) is 76.6. The van der Waals surface area contributed by atoms with Crippen LogP contribution in [0.15, 0.2) is 491 Å². The van der Waals surface area contributed by atoms with Crippen molar-refractivity contribution in [1.29, 1.82) is 0 Å². The zero-order valence-electron chi connectivity index (χ0n) is 71.8. The number of nitrogens with zero attached hydrogens (tertiary/aromatic N) is 9. The second-order valence-electron chi connectivity index (χ2n) is 33.8. The monoisotopic (exact) mass is 1680 g/mol. The fraction of sp³-hybridized carbons (Fsp3) is 0. The highest BCUT2D eigenvalue weighted by molar-refractivity contribution is 6.16. The number of hydrogen-bond donors (Lipinski definition) is 0. The van der Waals surface area contributed by atoms with E-state index < -0.39 is 0 Å². The highest BCUT2D eigenvalue weighted by Crippen LogP contribution is 2.44. The summed E-state index contributed by atoms with van der Waals surface area (Å²) < 4.78 is 14.0. The Bertz CT molecular complexity index is 8660. The highest BCUT2D eigenvalue weighted by atomic mass is 15.2. The summed E-state index contributed by atoms with van der Waals surface area (Å²) in [6.45, 7) is 0. The summed E-state index contributed by atoms with van der Waals surface area (Å²) in [5, 5.41) is 15.0. The molecule has 0 radical (unpaired) electrons. The Morgan fingerprint density at radius 2 is 0.303 bits per heavy atom. The molecule has 0 unspecified atom stereocenters. The molecule has 20 aromatic carbocycles. The SMILES string of the molecule is c1cc(-c2cccc(-n3c4ccccc4c4ccccc43)c2)cc(-c2cccc(-n3c4ccccc4c4ccccc43)c2)c1.c1ccc(-c2nc(-c3ccccc3)nc(-n3c4ccccc4c4cc(-c5ccc6c(c5)c5ccccc5n6-c5ccccc5)ccc43)n2)cc1.c1ccc(-n2c3ccccc3c3cc(-c4ccc5c(c4)c4ccccc4n5-c4ccccc4)ccc32)cc1. The van der Waals surface area contributed by atoms with Crippen LogP contribution in [0.3, 0.4) is 0 Å². The van der Waals surface area contributed by atoms with E-state index >= 15 is 0 Å². The molecule has 0 aliphatic rings. The van der Waals surface area contributed by atoms with E-state index in [1.54, 1.807) is 0 Å². The average molecular weight is 1690 g/mol. The van der Waals surface area contributed by atoms with Gasteiger partial charge in [0.25, 0.3) is 0 Å². The van der Waals surface area contributed by atoms with Gasteiger partial charge in [-0.1, -0.05) is 328 Å². The summed E-state index contributed by atoms with van der Waals surface area (Å²) in [6, 6.07) is 175. The summed E-state index contributed by atoms with van der Waals surface area (Å²) in [4.78, 5) is 15.1. The van der Waals surface area contributed by atoms with E-state index in [1.165, 1.54) is 171 Å². The Kier molecular flexibility index (Phi) is 18.7. The Morgan fingerprint density at radius 3 is 0.591 bits per heavy atom. The topological polar surface area (TPSA) is 68.2 Å². The first-order chi connectivity index (χ1) is 65.5. The zero-order chi connectivity index (χ0) is 87.1. The van der Waals surface area contributed by atoms with Gasteiger partial charge in [0.15, 0.2) is 11.6 Å². The van der Waals surface area contributed by atoms with Crippen LogP contribution in [0, 0.1) is 0 Å². The minimum atomic E-state index is 0.590. The molecule has 0 amide bonds. The van der Waals surface area contributed by atoms with Crippen molar-refractivity contribution in [2.24, 2.45) is 0 Å². The second-order valence-corrected chi connectivity index (χ2v) is 33.8. The highest BCUT2D eigenvalue weighted by Gasteiger charge is 2.23. The van der Waals surface area contributed by atoms with Gasteiger partial charge in [0.05, 0.1) is 66.2 Å². The Labute approximate surface area is 761 Å². The van der Waals surface area contributed by atoms with E-state index in [0.717, 1.165) is 44.2 Å². The van der Waals surface area contributed by atoms with Gasteiger partial charge < -0.3 is 22.8 Å². The molecular formula is C123H81N9. The minimum Gasteiger partial charge on any atom is -0.309 e. The molecule has 618 valence electrons. The third-order valence-electron chi connectivity index (χ3n) is 26.2. The van der Waals surface area contributed by atoms with Crippen molar-refractivity contribution < 1.29 is 0 Å². The predicted octanol–water partition coefficient (Wildman–Crippen LogP) is 31.8. The molecular weight excluding hydrogens is 1600 g/mol. The third-order valence-corrected chi connectivity index (χ3v) is 26.2. The lowest BCUT2D eigenvalue weighted by Gasteiger charge is -2.12. The molecule has 0 saturated carbocycles. The van der Waals surface area contributed by atoms with Gasteiger partial charge in [0.1, 0.15) is 0 Å².